The van der Waals surface area contributed by atoms with Crippen LogP contribution in [-0.2, 0) is 10.0 Å². The fourth-order valence-corrected chi connectivity index (χ4v) is 3.39. The molecule has 2 aliphatic rings. The van der Waals surface area contributed by atoms with Crippen LogP contribution in [-0.4, -0.2) is 25.1 Å². The van der Waals surface area contributed by atoms with Crippen molar-refractivity contribution in [2.45, 2.75) is 36.5 Å². The molecule has 0 bridgehead atoms. The van der Waals surface area contributed by atoms with Gasteiger partial charge in [0.05, 0.1) is 5.25 Å². The largest absolute Gasteiger partial charge is 0.215 e. The number of halogens is 1. The number of nitrogens with one attached hydrogen (secondary N) is 1. The van der Waals surface area contributed by atoms with Crippen molar-refractivity contribution >= 4 is 21.6 Å². The molecule has 70 valence electrons. The third kappa shape index (κ3) is 1.60. The van der Waals surface area contributed by atoms with E-state index >= 15 is 0 Å². The molecule has 5 heteroatoms. The topological polar surface area (TPSA) is 46.2 Å². The molecule has 0 atom stereocenters. The summed E-state index contributed by atoms with van der Waals surface area (Å²) in [5.41, 5.74) is -0.275. The Morgan fingerprint density at radius 1 is 1.42 bits per heavy atom. The number of hydrogen-bond donors (Lipinski definition) is 1. The monoisotopic (exact) mass is 209 g/mol. The minimum Gasteiger partial charge on any atom is -0.212 e. The summed E-state index contributed by atoms with van der Waals surface area (Å²) >= 11 is 5.66. The lowest BCUT2D eigenvalue weighted by Gasteiger charge is -2.13. The summed E-state index contributed by atoms with van der Waals surface area (Å²) in [6.07, 6.45) is 3.41. The van der Waals surface area contributed by atoms with Gasteiger partial charge in [-0.05, 0) is 25.7 Å². The molecule has 2 fully saturated rings. The average Bonchev–Trinajstić information content (AvgIpc) is 2.83. The first-order valence-electron chi connectivity index (χ1n) is 4.17. The van der Waals surface area contributed by atoms with Crippen LogP contribution in [0.25, 0.3) is 0 Å². The van der Waals surface area contributed by atoms with Gasteiger partial charge in [0.2, 0.25) is 10.0 Å². The molecule has 3 nitrogen and oxygen atoms in total. The molecule has 0 aromatic carbocycles. The summed E-state index contributed by atoms with van der Waals surface area (Å²) in [5, 5.41) is -0.127. The highest BCUT2D eigenvalue weighted by molar-refractivity contribution is 7.90. The van der Waals surface area contributed by atoms with Gasteiger partial charge in [-0.25, -0.2) is 13.1 Å². The Morgan fingerprint density at radius 3 is 2.33 bits per heavy atom. The smallest absolute Gasteiger partial charge is 0.212 e. The molecule has 1 N–H and O–H groups in total. The number of rotatable bonds is 4. The predicted octanol–water partition coefficient (Wildman–Crippen LogP) is 0.840. The lowest BCUT2D eigenvalue weighted by molar-refractivity contribution is 0.558. The zero-order chi connectivity index (χ0) is 8.82. The highest BCUT2D eigenvalue weighted by Gasteiger charge is 2.48. The fraction of sp³-hybridized carbons (Fsp3) is 1.00. The van der Waals surface area contributed by atoms with Crippen molar-refractivity contribution in [3.8, 4) is 0 Å². The Balaban J connectivity index is 2.02. The summed E-state index contributed by atoms with van der Waals surface area (Å²) in [4.78, 5) is 0. The molecule has 0 amide bonds. The van der Waals surface area contributed by atoms with Gasteiger partial charge in [-0.2, -0.15) is 0 Å². The normalized spacial score (nSPS) is 27.1. The van der Waals surface area contributed by atoms with E-state index in [1.165, 1.54) is 0 Å². The van der Waals surface area contributed by atoms with Crippen LogP contribution in [0.5, 0.6) is 0 Å². The Kier molecular flexibility index (Phi) is 1.90. The van der Waals surface area contributed by atoms with Crippen LogP contribution < -0.4 is 4.72 Å². The summed E-state index contributed by atoms with van der Waals surface area (Å²) in [7, 11) is -3.03. The molecule has 0 aliphatic heterocycles. The molecule has 0 aromatic heterocycles. The number of alkyl halides is 1. The Morgan fingerprint density at radius 2 is 2.00 bits per heavy atom. The second kappa shape index (κ2) is 2.59. The van der Waals surface area contributed by atoms with Crippen LogP contribution in [0.1, 0.15) is 25.7 Å². The molecular formula is C7H12ClNO2S. The van der Waals surface area contributed by atoms with Gasteiger partial charge in [-0.3, -0.25) is 0 Å². The standard InChI is InChI=1S/C7H12ClNO2S/c8-5-7(3-4-7)9-12(10,11)6-1-2-6/h6,9H,1-5H2. The van der Waals surface area contributed by atoms with Gasteiger partial charge in [-0.15, -0.1) is 11.6 Å². The molecule has 2 saturated carbocycles. The predicted molar refractivity (Wildman–Crippen MR) is 47.8 cm³/mol. The maximum absolute atomic E-state index is 11.4. The van der Waals surface area contributed by atoms with Crippen molar-refractivity contribution in [1.82, 2.24) is 4.72 Å². The van der Waals surface area contributed by atoms with Gasteiger partial charge in [0.15, 0.2) is 0 Å². The molecule has 0 aromatic rings. The molecular weight excluding hydrogens is 198 g/mol. The fourth-order valence-electron chi connectivity index (χ4n) is 1.18. The van der Waals surface area contributed by atoms with E-state index in [4.69, 9.17) is 11.6 Å². The summed E-state index contributed by atoms with van der Waals surface area (Å²) < 4.78 is 25.6. The molecule has 0 spiro atoms. The van der Waals surface area contributed by atoms with Gasteiger partial charge in [0, 0.05) is 11.4 Å². The highest BCUT2D eigenvalue weighted by Crippen LogP contribution is 2.39. The molecule has 0 heterocycles. The second-order valence-electron chi connectivity index (χ2n) is 3.76. The SMILES string of the molecule is O=S(=O)(NC1(CCl)CC1)C1CC1. The van der Waals surface area contributed by atoms with Crippen LogP contribution in [0, 0.1) is 0 Å². The lowest BCUT2D eigenvalue weighted by atomic mass is 10.4. The number of hydrogen-bond acceptors (Lipinski definition) is 2. The first-order valence-corrected chi connectivity index (χ1v) is 6.25. The lowest BCUT2D eigenvalue weighted by Crippen LogP contribution is -2.40. The van der Waals surface area contributed by atoms with E-state index in [1.54, 1.807) is 0 Å². The van der Waals surface area contributed by atoms with Crippen LogP contribution >= 0.6 is 11.6 Å². The van der Waals surface area contributed by atoms with Gasteiger partial charge < -0.3 is 0 Å². The van der Waals surface area contributed by atoms with E-state index in [9.17, 15) is 8.42 Å². The third-order valence-electron chi connectivity index (χ3n) is 2.43. The minimum absolute atomic E-state index is 0.127. The highest BCUT2D eigenvalue weighted by atomic mass is 35.5. The van der Waals surface area contributed by atoms with Crippen molar-refractivity contribution in [2.75, 3.05) is 5.88 Å². The summed E-state index contributed by atoms with van der Waals surface area (Å²) in [6, 6.07) is 0. The molecule has 2 aliphatic carbocycles. The van der Waals surface area contributed by atoms with E-state index in [-0.39, 0.29) is 10.8 Å². The minimum atomic E-state index is -3.03. The molecule has 0 unspecified atom stereocenters. The molecule has 0 saturated heterocycles. The zero-order valence-corrected chi connectivity index (χ0v) is 8.29. The third-order valence-corrected chi connectivity index (χ3v) is 5.01. The van der Waals surface area contributed by atoms with E-state index in [0.717, 1.165) is 25.7 Å². The van der Waals surface area contributed by atoms with E-state index in [2.05, 4.69) is 4.72 Å². The van der Waals surface area contributed by atoms with Gasteiger partial charge in [-0.1, -0.05) is 0 Å². The quantitative estimate of drug-likeness (QED) is 0.698. The van der Waals surface area contributed by atoms with Crippen molar-refractivity contribution < 1.29 is 8.42 Å². The second-order valence-corrected chi connectivity index (χ2v) is 5.99. The van der Waals surface area contributed by atoms with Crippen molar-refractivity contribution in [1.29, 1.82) is 0 Å². The molecule has 2 rings (SSSR count). The van der Waals surface area contributed by atoms with Crippen molar-refractivity contribution in [3.63, 3.8) is 0 Å². The van der Waals surface area contributed by atoms with Crippen LogP contribution in [0.15, 0.2) is 0 Å². The average molecular weight is 210 g/mol. The summed E-state index contributed by atoms with van der Waals surface area (Å²) in [6.45, 7) is 0. The maximum atomic E-state index is 11.4. The van der Waals surface area contributed by atoms with Crippen molar-refractivity contribution in [2.24, 2.45) is 0 Å². The van der Waals surface area contributed by atoms with Crippen molar-refractivity contribution in [3.05, 3.63) is 0 Å². The summed E-state index contributed by atoms with van der Waals surface area (Å²) in [5.74, 6) is 0.402. The van der Waals surface area contributed by atoms with Gasteiger partial charge >= 0.3 is 0 Å². The van der Waals surface area contributed by atoms with E-state index in [0.29, 0.717) is 5.88 Å². The Bertz CT molecular complexity index is 280. The Labute approximate surface area is 77.5 Å². The van der Waals surface area contributed by atoms with Gasteiger partial charge in [0.1, 0.15) is 0 Å². The van der Waals surface area contributed by atoms with Crippen LogP contribution in [0.4, 0.5) is 0 Å². The van der Waals surface area contributed by atoms with E-state index < -0.39 is 10.0 Å². The van der Waals surface area contributed by atoms with Gasteiger partial charge in [0.25, 0.3) is 0 Å². The maximum Gasteiger partial charge on any atom is 0.215 e. The Hall–Kier alpha value is 0.200. The first-order chi connectivity index (χ1) is 5.58. The molecule has 0 radical (unpaired) electrons. The molecule has 12 heavy (non-hydrogen) atoms. The van der Waals surface area contributed by atoms with E-state index in [1.807, 2.05) is 0 Å². The van der Waals surface area contributed by atoms with Crippen LogP contribution in [0.2, 0.25) is 0 Å². The zero-order valence-electron chi connectivity index (χ0n) is 6.72. The first kappa shape index (κ1) is 8.78. The van der Waals surface area contributed by atoms with Crippen LogP contribution in [0.3, 0.4) is 0 Å². The number of sulfonamides is 1.